The van der Waals surface area contributed by atoms with Gasteiger partial charge in [0.25, 0.3) is 0 Å². The van der Waals surface area contributed by atoms with E-state index in [9.17, 15) is 4.79 Å². The highest BCUT2D eigenvalue weighted by Gasteiger charge is 2.03. The third-order valence-corrected chi connectivity index (χ3v) is 3.04. The van der Waals surface area contributed by atoms with Crippen LogP contribution >= 0.6 is 0 Å². The topological polar surface area (TPSA) is 50.1 Å². The number of carbonyl (C=O) groups excluding carboxylic acids is 1. The number of rotatable bonds is 4. The summed E-state index contributed by atoms with van der Waals surface area (Å²) in [4.78, 5) is 11.4. The molecule has 3 heteroatoms. The highest BCUT2D eigenvalue weighted by molar-refractivity contribution is 5.88. The first-order valence-corrected chi connectivity index (χ1v) is 6.70. The predicted molar refractivity (Wildman–Crippen MR) is 84.2 cm³/mol. The standard InChI is InChI=1S/C18H19NO2/c1-4-16(11-9-14(2)18(20)21-3)17-8-6-5-7-15(13-19)10-12-17/h4,7-12H,1,5-6H2,2-3H3/b12-10+,14-9+,15-7-,16-11+,17-8+. The minimum absolute atomic E-state index is 0.355. The number of nitriles is 1. The Morgan fingerprint density at radius 3 is 2.67 bits per heavy atom. The molecule has 0 aromatic carbocycles. The molecule has 0 aromatic heterocycles. The molecule has 0 amide bonds. The maximum atomic E-state index is 11.4. The van der Waals surface area contributed by atoms with E-state index < -0.39 is 0 Å². The number of allylic oxidation sites excluding steroid dienone is 10. The Labute approximate surface area is 125 Å². The number of hydrogen-bond acceptors (Lipinski definition) is 3. The summed E-state index contributed by atoms with van der Waals surface area (Å²) in [6, 6.07) is 2.15. The third kappa shape index (κ3) is 5.12. The third-order valence-electron chi connectivity index (χ3n) is 3.04. The van der Waals surface area contributed by atoms with Gasteiger partial charge in [0.05, 0.1) is 13.2 Å². The molecule has 0 heterocycles. The van der Waals surface area contributed by atoms with E-state index in [2.05, 4.69) is 23.5 Å². The van der Waals surface area contributed by atoms with E-state index >= 15 is 0 Å². The van der Waals surface area contributed by atoms with Gasteiger partial charge in [-0.1, -0.05) is 43.0 Å². The van der Waals surface area contributed by atoms with Crippen LogP contribution < -0.4 is 0 Å². The van der Waals surface area contributed by atoms with Crippen molar-refractivity contribution in [3.8, 4) is 6.07 Å². The number of hydrogen-bond donors (Lipinski definition) is 0. The average Bonchev–Trinajstić information content (AvgIpc) is 2.48. The van der Waals surface area contributed by atoms with E-state index in [1.807, 2.05) is 18.2 Å². The molecule has 0 saturated heterocycles. The highest BCUT2D eigenvalue weighted by atomic mass is 16.5. The molecule has 0 N–H and O–H groups in total. The van der Waals surface area contributed by atoms with Gasteiger partial charge >= 0.3 is 5.97 Å². The van der Waals surface area contributed by atoms with Gasteiger partial charge in [0.2, 0.25) is 0 Å². The Balaban J connectivity index is 3.05. The summed E-state index contributed by atoms with van der Waals surface area (Å²) >= 11 is 0. The van der Waals surface area contributed by atoms with Crippen LogP contribution in [0.3, 0.4) is 0 Å². The lowest BCUT2D eigenvalue weighted by atomic mass is 9.99. The van der Waals surface area contributed by atoms with Crippen LogP contribution in [0.15, 0.2) is 71.4 Å². The molecule has 0 fully saturated rings. The Kier molecular flexibility index (Phi) is 6.70. The normalized spacial score (nSPS) is 22.5. The fourth-order valence-electron chi connectivity index (χ4n) is 1.82. The van der Waals surface area contributed by atoms with Gasteiger partial charge in [-0.25, -0.2) is 4.79 Å². The summed E-state index contributed by atoms with van der Waals surface area (Å²) in [6.07, 6.45) is 14.6. The largest absolute Gasteiger partial charge is 0.466 e. The van der Waals surface area contributed by atoms with E-state index in [1.165, 1.54) is 7.11 Å². The monoisotopic (exact) mass is 281 g/mol. The van der Waals surface area contributed by atoms with Crippen molar-refractivity contribution in [1.82, 2.24) is 0 Å². The van der Waals surface area contributed by atoms with Crippen molar-refractivity contribution >= 4 is 5.97 Å². The summed E-state index contributed by atoms with van der Waals surface area (Å²) in [6.45, 7) is 5.50. The molecule has 1 rings (SSSR count). The minimum atomic E-state index is -0.355. The zero-order chi connectivity index (χ0) is 15.7. The molecule has 0 atom stereocenters. The molecule has 108 valence electrons. The SMILES string of the molecule is C=CC(=C\C=C(/C)C(=O)OC)/C1=C/CC\C=C(C#N)\C=C\1. The summed E-state index contributed by atoms with van der Waals surface area (Å²) in [5.74, 6) is -0.355. The van der Waals surface area contributed by atoms with Crippen molar-refractivity contribution in [3.63, 3.8) is 0 Å². The van der Waals surface area contributed by atoms with Crippen LogP contribution in [-0.2, 0) is 9.53 Å². The lowest BCUT2D eigenvalue weighted by Crippen LogP contribution is -2.00. The fourth-order valence-corrected chi connectivity index (χ4v) is 1.82. The maximum absolute atomic E-state index is 11.4. The van der Waals surface area contributed by atoms with Crippen molar-refractivity contribution in [2.75, 3.05) is 7.11 Å². The van der Waals surface area contributed by atoms with E-state index in [-0.39, 0.29) is 5.97 Å². The van der Waals surface area contributed by atoms with Crippen molar-refractivity contribution < 1.29 is 9.53 Å². The molecule has 0 aliphatic heterocycles. The van der Waals surface area contributed by atoms with Crippen molar-refractivity contribution in [2.45, 2.75) is 19.8 Å². The van der Waals surface area contributed by atoms with Crippen molar-refractivity contribution in [3.05, 3.63) is 71.4 Å². The van der Waals surface area contributed by atoms with Gasteiger partial charge in [-0.3, -0.25) is 0 Å². The van der Waals surface area contributed by atoms with Crippen molar-refractivity contribution in [1.29, 1.82) is 5.26 Å². The second kappa shape index (κ2) is 8.55. The predicted octanol–water partition coefficient (Wildman–Crippen LogP) is 3.94. The van der Waals surface area contributed by atoms with E-state index in [4.69, 9.17) is 5.26 Å². The molecule has 1 aliphatic rings. The van der Waals surface area contributed by atoms with Crippen LogP contribution in [0, 0.1) is 11.3 Å². The van der Waals surface area contributed by atoms with Crippen LogP contribution in [0.4, 0.5) is 0 Å². The Hall–Kier alpha value is -2.60. The second-order valence-corrected chi connectivity index (χ2v) is 4.51. The van der Waals surface area contributed by atoms with Crippen LogP contribution in [0.5, 0.6) is 0 Å². The number of ether oxygens (including phenoxy) is 1. The lowest BCUT2D eigenvalue weighted by molar-refractivity contribution is -0.136. The molecule has 3 nitrogen and oxygen atoms in total. The van der Waals surface area contributed by atoms with Crippen LogP contribution in [-0.4, -0.2) is 13.1 Å². The zero-order valence-corrected chi connectivity index (χ0v) is 12.4. The molecule has 1 aliphatic carbocycles. The first-order chi connectivity index (χ1) is 10.1. The molecule has 0 radical (unpaired) electrons. The van der Waals surface area contributed by atoms with Gasteiger partial charge in [0.1, 0.15) is 0 Å². The van der Waals surface area contributed by atoms with E-state index in [1.54, 1.807) is 25.2 Å². The molecular formula is C18H19NO2. The maximum Gasteiger partial charge on any atom is 0.333 e. The molecule has 0 spiro atoms. The quantitative estimate of drug-likeness (QED) is 0.445. The summed E-state index contributed by atoms with van der Waals surface area (Å²) < 4.78 is 4.65. The highest BCUT2D eigenvalue weighted by Crippen LogP contribution is 2.19. The van der Waals surface area contributed by atoms with Crippen LogP contribution in [0.25, 0.3) is 0 Å². The Morgan fingerprint density at radius 2 is 2.05 bits per heavy atom. The van der Waals surface area contributed by atoms with Gasteiger partial charge in [0, 0.05) is 11.1 Å². The first-order valence-electron chi connectivity index (χ1n) is 6.70. The molecule has 0 unspecified atom stereocenters. The van der Waals surface area contributed by atoms with Crippen LogP contribution in [0.2, 0.25) is 0 Å². The summed E-state index contributed by atoms with van der Waals surface area (Å²) in [7, 11) is 1.35. The molecule has 0 bridgehead atoms. The van der Waals surface area contributed by atoms with Gasteiger partial charge in [-0.15, -0.1) is 0 Å². The number of nitrogens with zero attached hydrogens (tertiary/aromatic N) is 1. The number of carbonyl (C=O) groups is 1. The second-order valence-electron chi connectivity index (χ2n) is 4.51. The van der Waals surface area contributed by atoms with Gasteiger partial charge in [0.15, 0.2) is 0 Å². The molecule has 0 aromatic rings. The Morgan fingerprint density at radius 1 is 1.33 bits per heavy atom. The minimum Gasteiger partial charge on any atom is -0.466 e. The summed E-state index contributed by atoms with van der Waals surface area (Å²) in [5, 5.41) is 8.97. The molecule has 0 saturated carbocycles. The Bertz CT molecular complexity index is 608. The van der Waals surface area contributed by atoms with Crippen molar-refractivity contribution in [2.24, 2.45) is 0 Å². The van der Waals surface area contributed by atoms with Gasteiger partial charge in [-0.05, 0) is 37.0 Å². The number of esters is 1. The van der Waals surface area contributed by atoms with E-state index in [0.29, 0.717) is 11.1 Å². The average molecular weight is 281 g/mol. The fraction of sp³-hybridized carbons (Fsp3) is 0.222. The first kappa shape index (κ1) is 16.5. The number of methoxy groups -OCH3 is 1. The van der Waals surface area contributed by atoms with Gasteiger partial charge < -0.3 is 4.74 Å². The molecule has 21 heavy (non-hydrogen) atoms. The lowest BCUT2D eigenvalue weighted by Gasteiger charge is -2.06. The van der Waals surface area contributed by atoms with Crippen LogP contribution in [0.1, 0.15) is 19.8 Å². The summed E-state index contributed by atoms with van der Waals surface area (Å²) in [5.41, 5.74) is 3.06. The zero-order valence-electron chi connectivity index (χ0n) is 12.4. The smallest absolute Gasteiger partial charge is 0.333 e. The molecular weight excluding hydrogens is 262 g/mol. The van der Waals surface area contributed by atoms with E-state index in [0.717, 1.165) is 24.0 Å². The van der Waals surface area contributed by atoms with Gasteiger partial charge in [-0.2, -0.15) is 5.26 Å².